The average molecular weight is 556 g/mol. The second-order valence-electron chi connectivity index (χ2n) is 9.45. The normalized spacial score (nSPS) is 14.6. The van der Waals surface area contributed by atoms with Crippen LogP contribution < -0.4 is 10.6 Å². The van der Waals surface area contributed by atoms with E-state index in [0.29, 0.717) is 35.4 Å². The average Bonchev–Trinajstić information content (AvgIpc) is 2.93. The van der Waals surface area contributed by atoms with E-state index in [9.17, 15) is 9.59 Å². The van der Waals surface area contributed by atoms with Gasteiger partial charge in [-0.05, 0) is 47.0 Å². The number of halogens is 2. The summed E-state index contributed by atoms with van der Waals surface area (Å²) < 4.78 is 5.52. The molecule has 0 saturated carbocycles. The van der Waals surface area contributed by atoms with Gasteiger partial charge in [0.1, 0.15) is 0 Å². The van der Waals surface area contributed by atoms with Gasteiger partial charge in [0.25, 0.3) is 0 Å². The van der Waals surface area contributed by atoms with Crippen molar-refractivity contribution < 1.29 is 14.3 Å². The van der Waals surface area contributed by atoms with Crippen molar-refractivity contribution in [2.45, 2.75) is 6.04 Å². The lowest BCUT2D eigenvalue weighted by atomic mass is 9.98. The van der Waals surface area contributed by atoms with Crippen molar-refractivity contribution in [2.24, 2.45) is 5.73 Å². The van der Waals surface area contributed by atoms with Gasteiger partial charge in [-0.15, -0.1) is 0 Å². The van der Waals surface area contributed by atoms with Crippen LogP contribution in [0.3, 0.4) is 0 Å². The SMILES string of the molecule is CN(CC(=O)N(C)C(CN1CCOCC1)c1ccc(-c2ccc(C(N)=O)cc2)cc1)c1ccc(Cl)c(Cl)c1. The van der Waals surface area contributed by atoms with E-state index in [1.807, 2.05) is 54.2 Å². The van der Waals surface area contributed by atoms with Crippen molar-refractivity contribution in [3.8, 4) is 11.1 Å². The van der Waals surface area contributed by atoms with Gasteiger partial charge < -0.3 is 20.3 Å². The highest BCUT2D eigenvalue weighted by Gasteiger charge is 2.26. The van der Waals surface area contributed by atoms with Crippen LogP contribution in [0.2, 0.25) is 10.0 Å². The van der Waals surface area contributed by atoms with Crippen LogP contribution in [-0.2, 0) is 9.53 Å². The fourth-order valence-electron chi connectivity index (χ4n) is 4.51. The molecule has 7 nitrogen and oxygen atoms in total. The van der Waals surface area contributed by atoms with Gasteiger partial charge in [-0.2, -0.15) is 0 Å². The van der Waals surface area contributed by atoms with E-state index in [-0.39, 0.29) is 18.5 Å². The van der Waals surface area contributed by atoms with E-state index in [4.69, 9.17) is 33.7 Å². The minimum Gasteiger partial charge on any atom is -0.379 e. The summed E-state index contributed by atoms with van der Waals surface area (Å²) in [6, 6.07) is 20.6. The second kappa shape index (κ2) is 12.6. The summed E-state index contributed by atoms with van der Waals surface area (Å²) >= 11 is 12.2. The summed E-state index contributed by atoms with van der Waals surface area (Å²) in [4.78, 5) is 30.9. The molecule has 9 heteroatoms. The molecule has 0 spiro atoms. The second-order valence-corrected chi connectivity index (χ2v) is 10.3. The minimum atomic E-state index is -0.449. The summed E-state index contributed by atoms with van der Waals surface area (Å²) in [6.45, 7) is 3.92. The molecular weight excluding hydrogens is 523 g/mol. The van der Waals surface area contributed by atoms with Crippen LogP contribution in [0.5, 0.6) is 0 Å². The first-order valence-corrected chi connectivity index (χ1v) is 13.2. The Kier molecular flexibility index (Phi) is 9.28. The summed E-state index contributed by atoms with van der Waals surface area (Å²) in [6.07, 6.45) is 0. The van der Waals surface area contributed by atoms with Crippen LogP contribution in [-0.4, -0.2) is 75.1 Å². The molecule has 2 N–H and O–H groups in total. The predicted molar refractivity (Wildman–Crippen MR) is 153 cm³/mol. The molecule has 1 atom stereocenters. The highest BCUT2D eigenvalue weighted by molar-refractivity contribution is 6.42. The number of morpholine rings is 1. The Labute approximate surface area is 233 Å². The number of carbonyl (C=O) groups excluding carboxylic acids is 2. The van der Waals surface area contributed by atoms with E-state index in [2.05, 4.69) is 17.0 Å². The molecule has 1 aliphatic rings. The third-order valence-corrected chi connectivity index (χ3v) is 7.65. The molecule has 4 rings (SSSR count). The molecule has 0 bridgehead atoms. The van der Waals surface area contributed by atoms with E-state index in [1.54, 1.807) is 24.3 Å². The van der Waals surface area contributed by atoms with Gasteiger partial charge in [0.15, 0.2) is 0 Å². The number of hydrogen-bond donors (Lipinski definition) is 1. The third-order valence-electron chi connectivity index (χ3n) is 6.91. The Morgan fingerprint density at radius 2 is 1.53 bits per heavy atom. The zero-order valence-corrected chi connectivity index (χ0v) is 23.1. The molecule has 1 aliphatic heterocycles. The summed E-state index contributed by atoms with van der Waals surface area (Å²) in [5, 5.41) is 0.927. The number of primary amides is 1. The fraction of sp³-hybridized carbons (Fsp3) is 0.310. The zero-order valence-electron chi connectivity index (χ0n) is 21.6. The first-order valence-electron chi connectivity index (χ1n) is 12.4. The van der Waals surface area contributed by atoms with Crippen LogP contribution in [0.4, 0.5) is 5.69 Å². The molecule has 38 heavy (non-hydrogen) atoms. The number of nitrogens with zero attached hydrogens (tertiary/aromatic N) is 3. The van der Waals surface area contributed by atoms with Crippen LogP contribution in [0.25, 0.3) is 11.1 Å². The standard InChI is InChI=1S/C29H32Cl2N4O3/c1-33(24-11-12-25(30)26(31)17-24)19-28(36)34(2)27(18-35-13-15-38-16-14-35)22-7-3-20(4-8-22)21-5-9-23(10-6-21)29(32)37/h3-12,17,27H,13-16,18-19H2,1-2H3,(H2,32,37). The lowest BCUT2D eigenvalue weighted by Gasteiger charge is -2.36. The lowest BCUT2D eigenvalue weighted by molar-refractivity contribution is -0.131. The van der Waals surface area contributed by atoms with Crippen LogP contribution in [0, 0.1) is 0 Å². The molecule has 1 unspecified atom stereocenters. The highest BCUT2D eigenvalue weighted by atomic mass is 35.5. The molecule has 0 aromatic heterocycles. The maximum atomic E-state index is 13.5. The maximum absolute atomic E-state index is 13.5. The Bertz CT molecular complexity index is 1260. The van der Waals surface area contributed by atoms with E-state index in [0.717, 1.165) is 35.5 Å². The number of likely N-dealkylation sites (N-methyl/N-ethyl adjacent to an activating group) is 2. The number of anilines is 1. The van der Waals surface area contributed by atoms with Gasteiger partial charge in [-0.3, -0.25) is 14.5 Å². The van der Waals surface area contributed by atoms with Gasteiger partial charge in [-0.25, -0.2) is 0 Å². The number of amides is 2. The van der Waals surface area contributed by atoms with E-state index in [1.165, 1.54) is 0 Å². The van der Waals surface area contributed by atoms with Crippen LogP contribution in [0.1, 0.15) is 22.0 Å². The largest absolute Gasteiger partial charge is 0.379 e. The number of nitrogens with two attached hydrogens (primary N) is 1. The van der Waals surface area contributed by atoms with Crippen molar-refractivity contribution in [1.29, 1.82) is 0 Å². The zero-order chi connectivity index (χ0) is 27.2. The van der Waals surface area contributed by atoms with Crippen molar-refractivity contribution >= 4 is 40.7 Å². The van der Waals surface area contributed by atoms with E-state index >= 15 is 0 Å². The van der Waals surface area contributed by atoms with Crippen molar-refractivity contribution in [1.82, 2.24) is 9.80 Å². The quantitative estimate of drug-likeness (QED) is 0.413. The number of carbonyl (C=O) groups is 2. The molecule has 0 radical (unpaired) electrons. The van der Waals surface area contributed by atoms with Crippen LogP contribution >= 0.6 is 23.2 Å². The predicted octanol–water partition coefficient (Wildman–Crippen LogP) is 4.73. The number of hydrogen-bond acceptors (Lipinski definition) is 5. The minimum absolute atomic E-state index is 0.0112. The lowest BCUT2D eigenvalue weighted by Crippen LogP contribution is -2.45. The van der Waals surface area contributed by atoms with Gasteiger partial charge in [0, 0.05) is 45.0 Å². The molecule has 1 heterocycles. The molecular formula is C29H32Cl2N4O3. The molecule has 3 aromatic rings. The van der Waals surface area contributed by atoms with Gasteiger partial charge in [0.2, 0.25) is 11.8 Å². The number of ether oxygens (including phenoxy) is 1. The van der Waals surface area contributed by atoms with Gasteiger partial charge in [0.05, 0.1) is 35.8 Å². The molecule has 3 aromatic carbocycles. The Hall–Kier alpha value is -3.10. The molecule has 0 aliphatic carbocycles. The number of rotatable bonds is 9. The first kappa shape index (κ1) is 27.9. The molecule has 1 saturated heterocycles. The highest BCUT2D eigenvalue weighted by Crippen LogP contribution is 2.28. The Balaban J connectivity index is 1.53. The van der Waals surface area contributed by atoms with Gasteiger partial charge >= 0.3 is 0 Å². The smallest absolute Gasteiger partial charge is 0.248 e. The summed E-state index contributed by atoms with van der Waals surface area (Å²) in [5.41, 5.74) is 9.70. The van der Waals surface area contributed by atoms with Crippen molar-refractivity contribution in [3.63, 3.8) is 0 Å². The van der Waals surface area contributed by atoms with Crippen molar-refractivity contribution in [2.75, 3.05) is 58.4 Å². The number of benzene rings is 3. The van der Waals surface area contributed by atoms with E-state index < -0.39 is 5.91 Å². The van der Waals surface area contributed by atoms with Crippen molar-refractivity contribution in [3.05, 3.63) is 87.9 Å². The monoisotopic (exact) mass is 554 g/mol. The molecule has 200 valence electrons. The molecule has 2 amide bonds. The Morgan fingerprint density at radius 3 is 2.11 bits per heavy atom. The van der Waals surface area contributed by atoms with Crippen LogP contribution in [0.15, 0.2) is 66.7 Å². The maximum Gasteiger partial charge on any atom is 0.248 e. The third kappa shape index (κ3) is 6.85. The summed E-state index contributed by atoms with van der Waals surface area (Å²) in [7, 11) is 3.72. The molecule has 1 fully saturated rings. The summed E-state index contributed by atoms with van der Waals surface area (Å²) in [5.74, 6) is -0.460. The topological polar surface area (TPSA) is 79.1 Å². The van der Waals surface area contributed by atoms with Gasteiger partial charge in [-0.1, -0.05) is 59.6 Å². The fourth-order valence-corrected chi connectivity index (χ4v) is 4.80. The Morgan fingerprint density at radius 1 is 0.921 bits per heavy atom. The first-order chi connectivity index (χ1) is 18.2.